The van der Waals surface area contributed by atoms with Crippen molar-refractivity contribution in [2.24, 2.45) is 11.7 Å². The second-order valence-electron chi connectivity index (χ2n) is 5.51. The Morgan fingerprint density at radius 2 is 1.91 bits per heavy atom. The highest BCUT2D eigenvalue weighted by Crippen LogP contribution is 2.38. The van der Waals surface area contributed by atoms with Gasteiger partial charge in [-0.3, -0.25) is 4.79 Å². The average molecular weight is 316 g/mol. The van der Waals surface area contributed by atoms with Gasteiger partial charge in [0, 0.05) is 19.8 Å². The monoisotopic (exact) mass is 316 g/mol. The van der Waals surface area contributed by atoms with E-state index in [1.165, 1.54) is 13.8 Å². The summed E-state index contributed by atoms with van der Waals surface area (Å²) in [6.45, 7) is 2.90. The normalized spacial score (nSPS) is 19.1. The first-order valence-electron chi connectivity index (χ1n) is 6.86. The number of rotatable bonds is 4. The van der Waals surface area contributed by atoms with E-state index in [-0.39, 0.29) is 5.57 Å². The second-order valence-corrected chi connectivity index (χ2v) is 5.51. The Morgan fingerprint density at radius 3 is 2.39 bits per heavy atom. The van der Waals surface area contributed by atoms with Crippen LogP contribution in [0.4, 0.5) is 0 Å². The number of ether oxygens (including phenoxy) is 2. The van der Waals surface area contributed by atoms with Crippen LogP contribution in [-0.4, -0.2) is 22.8 Å². The number of aliphatic hydroxyl groups excluding tert-OH is 1. The van der Waals surface area contributed by atoms with E-state index < -0.39 is 35.4 Å². The van der Waals surface area contributed by atoms with Crippen LogP contribution in [0.3, 0.4) is 0 Å². The predicted molar refractivity (Wildman–Crippen MR) is 78.4 cm³/mol. The first-order valence-corrected chi connectivity index (χ1v) is 6.86. The van der Waals surface area contributed by atoms with Gasteiger partial charge in [-0.2, -0.15) is 5.26 Å². The molecule has 0 radical (unpaired) electrons. The lowest BCUT2D eigenvalue weighted by atomic mass is 9.80. The van der Waals surface area contributed by atoms with Crippen molar-refractivity contribution in [3.63, 3.8) is 0 Å². The van der Waals surface area contributed by atoms with Gasteiger partial charge in [-0.25, -0.2) is 4.79 Å². The van der Waals surface area contributed by atoms with Gasteiger partial charge < -0.3 is 20.3 Å². The quantitative estimate of drug-likeness (QED) is 0.811. The predicted octanol–water partition coefficient (Wildman–Crippen LogP) is 1.47. The van der Waals surface area contributed by atoms with Crippen LogP contribution in [0.1, 0.15) is 25.3 Å². The van der Waals surface area contributed by atoms with Crippen molar-refractivity contribution in [1.29, 1.82) is 5.26 Å². The third kappa shape index (κ3) is 3.26. The summed E-state index contributed by atoms with van der Waals surface area (Å²) >= 11 is 0. The molecule has 2 rings (SSSR count). The summed E-state index contributed by atoms with van der Waals surface area (Å²) in [4.78, 5) is 23.9. The molecule has 7 nitrogen and oxygen atoms in total. The Bertz CT molecular complexity index is 703. The van der Waals surface area contributed by atoms with Crippen LogP contribution < -0.4 is 5.73 Å². The summed E-state index contributed by atoms with van der Waals surface area (Å²) < 4.78 is 10.3. The maximum absolute atomic E-state index is 12.3. The lowest BCUT2D eigenvalue weighted by molar-refractivity contribution is -0.222. The maximum atomic E-state index is 12.3. The van der Waals surface area contributed by atoms with Gasteiger partial charge in [0.2, 0.25) is 5.91 Å². The topological polar surface area (TPSA) is 123 Å². The van der Waals surface area contributed by atoms with Crippen molar-refractivity contribution >= 4 is 11.9 Å². The van der Waals surface area contributed by atoms with Gasteiger partial charge in [0.05, 0.1) is 6.07 Å². The molecule has 3 N–H and O–H groups in total. The van der Waals surface area contributed by atoms with Crippen molar-refractivity contribution < 1.29 is 24.2 Å². The number of aliphatic hydroxyl groups is 1. The number of benzene rings is 1. The zero-order valence-electron chi connectivity index (χ0n) is 12.6. The van der Waals surface area contributed by atoms with Crippen molar-refractivity contribution in [3.8, 4) is 6.07 Å². The Kier molecular flexibility index (Phi) is 4.27. The minimum atomic E-state index is -1.37. The minimum Gasteiger partial charge on any atom is -0.480 e. The van der Waals surface area contributed by atoms with Gasteiger partial charge in [-0.15, -0.1) is 0 Å². The number of hydrogen-bond acceptors (Lipinski definition) is 6. The van der Waals surface area contributed by atoms with Gasteiger partial charge >= 0.3 is 5.97 Å². The number of cyclic esters (lactones) is 1. The number of amides is 1. The van der Waals surface area contributed by atoms with Crippen LogP contribution in [0.15, 0.2) is 41.9 Å². The lowest BCUT2D eigenvalue weighted by Crippen LogP contribution is -2.40. The zero-order valence-corrected chi connectivity index (χ0v) is 12.6. The van der Waals surface area contributed by atoms with E-state index in [2.05, 4.69) is 0 Å². The molecule has 23 heavy (non-hydrogen) atoms. The standard InChI is InChI=1S/C16H16N2O5/c1-16(2)22-14(20)12(15(21)23-16)11(10(8-17)13(18)19)9-6-4-3-5-7-9/h3-7,10-11,20H,1-2H3,(H2,18,19)/t10-,11+/m0/s1. The smallest absolute Gasteiger partial charge is 0.345 e. The molecule has 0 aromatic heterocycles. The number of carbonyl (C=O) groups excluding carboxylic acids is 2. The molecule has 0 saturated heterocycles. The molecular weight excluding hydrogens is 300 g/mol. The first-order chi connectivity index (χ1) is 10.8. The largest absolute Gasteiger partial charge is 0.480 e. The third-order valence-electron chi connectivity index (χ3n) is 3.38. The number of nitrogens with zero attached hydrogens (tertiary/aromatic N) is 1. The van der Waals surface area contributed by atoms with E-state index in [9.17, 15) is 20.0 Å². The molecule has 1 aliphatic heterocycles. The maximum Gasteiger partial charge on any atom is 0.345 e. The van der Waals surface area contributed by atoms with Crippen LogP contribution in [0.2, 0.25) is 0 Å². The lowest BCUT2D eigenvalue weighted by Gasteiger charge is -2.33. The SMILES string of the molecule is CC1(C)OC(=O)C([C@H](c2ccccc2)[C@H](C#N)C(N)=O)=C(O)O1. The Labute approximate surface area is 132 Å². The highest BCUT2D eigenvalue weighted by atomic mass is 16.8. The number of primary amides is 1. The number of esters is 1. The van der Waals surface area contributed by atoms with Crippen molar-refractivity contribution in [1.82, 2.24) is 0 Å². The fourth-order valence-corrected chi connectivity index (χ4v) is 2.42. The molecule has 0 unspecified atom stereocenters. The van der Waals surface area contributed by atoms with Crippen LogP contribution in [-0.2, 0) is 19.1 Å². The van der Waals surface area contributed by atoms with E-state index in [1.807, 2.05) is 0 Å². The van der Waals surface area contributed by atoms with E-state index >= 15 is 0 Å². The Hall–Kier alpha value is -3.01. The minimum absolute atomic E-state index is 0.305. The van der Waals surface area contributed by atoms with Crippen molar-refractivity contribution in [3.05, 3.63) is 47.4 Å². The van der Waals surface area contributed by atoms with E-state index in [0.717, 1.165) is 0 Å². The zero-order chi connectivity index (χ0) is 17.2. The summed E-state index contributed by atoms with van der Waals surface area (Å²) in [5, 5.41) is 19.4. The molecule has 120 valence electrons. The number of carbonyl (C=O) groups is 2. The highest BCUT2D eigenvalue weighted by Gasteiger charge is 2.44. The average Bonchev–Trinajstić information content (AvgIpc) is 2.45. The van der Waals surface area contributed by atoms with Gasteiger partial charge in [0.25, 0.3) is 11.7 Å². The summed E-state index contributed by atoms with van der Waals surface area (Å²) in [5.41, 5.74) is 5.43. The number of nitrogens with two attached hydrogens (primary N) is 1. The van der Waals surface area contributed by atoms with Gasteiger partial charge in [-0.1, -0.05) is 30.3 Å². The molecule has 7 heteroatoms. The second kappa shape index (κ2) is 6.01. The molecular formula is C16H16N2O5. The Balaban J connectivity index is 2.61. The molecule has 0 aliphatic carbocycles. The fraction of sp³-hybridized carbons (Fsp3) is 0.312. The van der Waals surface area contributed by atoms with Crippen molar-refractivity contribution in [2.45, 2.75) is 25.6 Å². The van der Waals surface area contributed by atoms with E-state index in [4.69, 9.17) is 15.2 Å². The van der Waals surface area contributed by atoms with Crippen LogP contribution in [0, 0.1) is 17.2 Å². The molecule has 1 amide bonds. The summed E-state index contributed by atoms with van der Waals surface area (Å²) in [6.07, 6.45) is 0. The molecule has 0 fully saturated rings. The highest BCUT2D eigenvalue weighted by molar-refractivity contribution is 5.93. The Morgan fingerprint density at radius 1 is 1.30 bits per heavy atom. The summed E-state index contributed by atoms with van der Waals surface area (Å²) in [5.74, 6) is -6.27. The number of nitriles is 1. The number of hydrogen-bond donors (Lipinski definition) is 2. The van der Waals surface area contributed by atoms with Crippen LogP contribution >= 0.6 is 0 Å². The molecule has 1 aromatic rings. The third-order valence-corrected chi connectivity index (χ3v) is 3.38. The van der Waals surface area contributed by atoms with E-state index in [1.54, 1.807) is 36.4 Å². The molecule has 1 heterocycles. The molecule has 0 saturated carbocycles. The molecule has 0 spiro atoms. The van der Waals surface area contributed by atoms with Crippen LogP contribution in [0.25, 0.3) is 0 Å². The molecule has 0 bridgehead atoms. The molecule has 1 aromatic carbocycles. The summed E-state index contributed by atoms with van der Waals surface area (Å²) in [7, 11) is 0. The van der Waals surface area contributed by atoms with E-state index in [0.29, 0.717) is 5.56 Å². The van der Waals surface area contributed by atoms with Crippen LogP contribution in [0.5, 0.6) is 0 Å². The van der Waals surface area contributed by atoms with Gasteiger partial charge in [0.1, 0.15) is 11.5 Å². The summed E-state index contributed by atoms with van der Waals surface area (Å²) in [6, 6.07) is 10.1. The van der Waals surface area contributed by atoms with Crippen molar-refractivity contribution in [2.75, 3.05) is 0 Å². The fourth-order valence-electron chi connectivity index (χ4n) is 2.42. The first kappa shape index (κ1) is 16.4. The molecule has 2 atom stereocenters. The molecule has 1 aliphatic rings. The van der Waals surface area contributed by atoms with Gasteiger partial charge in [-0.05, 0) is 5.56 Å². The van der Waals surface area contributed by atoms with Gasteiger partial charge in [0.15, 0.2) is 0 Å².